The molecule has 0 aromatic heterocycles. The molecule has 68 valence electrons. The van der Waals surface area contributed by atoms with Crippen molar-refractivity contribution < 1.29 is 14.3 Å². The van der Waals surface area contributed by atoms with E-state index in [4.69, 9.17) is 0 Å². The first kappa shape index (κ1) is 9.03. The summed E-state index contributed by atoms with van der Waals surface area (Å²) in [5.74, 6) is 0.0397. The number of hydrogen-bond donors (Lipinski definition) is 0. The highest BCUT2D eigenvalue weighted by Crippen LogP contribution is 2.18. The largest absolute Gasteiger partial charge is 0.453 e. The van der Waals surface area contributed by atoms with Crippen molar-refractivity contribution in [2.45, 2.75) is 25.8 Å². The Kier molecular flexibility index (Phi) is 2.68. The molecule has 4 nitrogen and oxygen atoms in total. The van der Waals surface area contributed by atoms with Crippen LogP contribution in [0.5, 0.6) is 0 Å². The van der Waals surface area contributed by atoms with Crippen molar-refractivity contribution in [1.29, 1.82) is 0 Å². The second-order valence-corrected chi connectivity index (χ2v) is 2.93. The quantitative estimate of drug-likeness (QED) is 0.586. The third kappa shape index (κ3) is 1.57. The molecule has 0 aliphatic carbocycles. The number of methoxy groups -OCH3 is 1. The first-order valence-electron chi connectivity index (χ1n) is 4.02. The van der Waals surface area contributed by atoms with E-state index in [1.807, 2.05) is 0 Å². The van der Waals surface area contributed by atoms with Crippen LogP contribution in [-0.4, -0.2) is 36.5 Å². The van der Waals surface area contributed by atoms with Crippen molar-refractivity contribution in [2.24, 2.45) is 0 Å². The molecule has 1 heterocycles. The first-order valence-corrected chi connectivity index (χ1v) is 4.02. The number of ether oxygens (including phenoxy) is 1. The Bertz CT molecular complexity index is 202. The van der Waals surface area contributed by atoms with Crippen LogP contribution in [0, 0.1) is 0 Å². The van der Waals surface area contributed by atoms with Gasteiger partial charge in [-0.2, -0.15) is 0 Å². The van der Waals surface area contributed by atoms with E-state index in [1.165, 1.54) is 18.9 Å². The molecule has 1 fully saturated rings. The number of Topliss-reactive ketones (excluding diaryl/α,β-unsaturated/α-hetero) is 1. The fourth-order valence-electron chi connectivity index (χ4n) is 1.53. The number of likely N-dealkylation sites (tertiary alicyclic amines) is 1. The maximum absolute atomic E-state index is 11.1. The van der Waals surface area contributed by atoms with Gasteiger partial charge in [0.15, 0.2) is 5.78 Å². The summed E-state index contributed by atoms with van der Waals surface area (Å²) < 4.78 is 4.55. The van der Waals surface area contributed by atoms with E-state index in [1.54, 1.807) is 0 Å². The monoisotopic (exact) mass is 171 g/mol. The van der Waals surface area contributed by atoms with E-state index in [2.05, 4.69) is 4.74 Å². The van der Waals surface area contributed by atoms with Gasteiger partial charge >= 0.3 is 6.09 Å². The van der Waals surface area contributed by atoms with Gasteiger partial charge < -0.3 is 4.74 Å². The molecule has 0 radical (unpaired) electrons. The second-order valence-electron chi connectivity index (χ2n) is 2.93. The zero-order valence-corrected chi connectivity index (χ0v) is 7.37. The molecular weight excluding hydrogens is 158 g/mol. The molecule has 12 heavy (non-hydrogen) atoms. The molecule has 0 saturated carbocycles. The van der Waals surface area contributed by atoms with Crippen molar-refractivity contribution >= 4 is 11.9 Å². The smallest absolute Gasteiger partial charge is 0.410 e. The van der Waals surface area contributed by atoms with Gasteiger partial charge in [0.05, 0.1) is 13.2 Å². The van der Waals surface area contributed by atoms with Gasteiger partial charge in [-0.05, 0) is 19.8 Å². The number of nitrogens with zero attached hydrogens (tertiary/aromatic N) is 1. The number of ketones is 1. The van der Waals surface area contributed by atoms with Gasteiger partial charge in [-0.1, -0.05) is 0 Å². The summed E-state index contributed by atoms with van der Waals surface area (Å²) in [6.07, 6.45) is 1.26. The summed E-state index contributed by atoms with van der Waals surface area (Å²) in [7, 11) is 1.33. The number of hydrogen-bond acceptors (Lipinski definition) is 3. The zero-order valence-electron chi connectivity index (χ0n) is 7.37. The minimum atomic E-state index is -0.396. The SMILES string of the molecule is COC(=O)N1CCCC1C(C)=O. The molecule has 4 heteroatoms. The Morgan fingerprint density at radius 1 is 1.50 bits per heavy atom. The standard InChI is InChI=1S/C8H13NO3/c1-6(10)7-4-3-5-9(7)8(11)12-2/h7H,3-5H2,1-2H3. The normalized spacial score (nSPS) is 22.5. The van der Waals surface area contributed by atoms with Gasteiger partial charge in [0, 0.05) is 6.54 Å². The van der Waals surface area contributed by atoms with Crippen LogP contribution in [-0.2, 0) is 9.53 Å². The average Bonchev–Trinajstić information content (AvgIpc) is 2.50. The van der Waals surface area contributed by atoms with E-state index in [0.717, 1.165) is 12.8 Å². The maximum atomic E-state index is 11.1. The Hall–Kier alpha value is -1.06. The predicted octanol–water partition coefficient (Wildman–Crippen LogP) is 0.806. The summed E-state index contributed by atoms with van der Waals surface area (Å²) in [6, 6.07) is -0.252. The number of carbonyl (C=O) groups is 2. The van der Waals surface area contributed by atoms with Crippen molar-refractivity contribution in [3.8, 4) is 0 Å². The van der Waals surface area contributed by atoms with Gasteiger partial charge in [-0.25, -0.2) is 4.79 Å². The lowest BCUT2D eigenvalue weighted by molar-refractivity contribution is -0.120. The molecule has 0 aromatic rings. The van der Waals surface area contributed by atoms with Crippen LogP contribution in [0.4, 0.5) is 4.79 Å². The molecule has 1 unspecified atom stereocenters. The molecule has 0 bridgehead atoms. The molecule has 0 spiro atoms. The summed E-state index contributed by atoms with van der Waals surface area (Å²) in [6.45, 7) is 2.14. The van der Waals surface area contributed by atoms with Crippen LogP contribution in [0.25, 0.3) is 0 Å². The van der Waals surface area contributed by atoms with Crippen molar-refractivity contribution in [3.63, 3.8) is 0 Å². The van der Waals surface area contributed by atoms with Crippen molar-refractivity contribution in [3.05, 3.63) is 0 Å². The van der Waals surface area contributed by atoms with E-state index in [9.17, 15) is 9.59 Å². The van der Waals surface area contributed by atoms with E-state index in [-0.39, 0.29) is 11.8 Å². The van der Waals surface area contributed by atoms with Gasteiger partial charge in [0.2, 0.25) is 0 Å². The Morgan fingerprint density at radius 3 is 2.67 bits per heavy atom. The Morgan fingerprint density at radius 2 is 2.17 bits per heavy atom. The van der Waals surface area contributed by atoms with Crippen LogP contribution in [0.15, 0.2) is 0 Å². The highest BCUT2D eigenvalue weighted by Gasteiger charge is 2.32. The molecule has 1 amide bonds. The van der Waals surface area contributed by atoms with E-state index in [0.29, 0.717) is 6.54 Å². The van der Waals surface area contributed by atoms with Crippen LogP contribution < -0.4 is 0 Å². The minimum absolute atomic E-state index is 0.0397. The van der Waals surface area contributed by atoms with Crippen LogP contribution >= 0.6 is 0 Å². The van der Waals surface area contributed by atoms with Gasteiger partial charge in [-0.15, -0.1) is 0 Å². The zero-order chi connectivity index (χ0) is 9.14. The summed E-state index contributed by atoms with van der Waals surface area (Å²) in [5.41, 5.74) is 0. The summed E-state index contributed by atoms with van der Waals surface area (Å²) >= 11 is 0. The van der Waals surface area contributed by atoms with Crippen LogP contribution in [0.2, 0.25) is 0 Å². The Balaban J connectivity index is 2.63. The summed E-state index contributed by atoms with van der Waals surface area (Å²) in [5, 5.41) is 0. The molecular formula is C8H13NO3. The molecule has 1 atom stereocenters. The molecule has 1 rings (SSSR count). The molecule has 1 aliphatic rings. The van der Waals surface area contributed by atoms with Crippen molar-refractivity contribution in [1.82, 2.24) is 4.90 Å². The highest BCUT2D eigenvalue weighted by atomic mass is 16.5. The molecule has 1 aliphatic heterocycles. The predicted molar refractivity (Wildman–Crippen MR) is 42.8 cm³/mol. The fourth-order valence-corrected chi connectivity index (χ4v) is 1.53. The maximum Gasteiger partial charge on any atom is 0.410 e. The molecule has 0 N–H and O–H groups in total. The lowest BCUT2D eigenvalue weighted by Gasteiger charge is -2.20. The van der Waals surface area contributed by atoms with Gasteiger partial charge in [-0.3, -0.25) is 9.69 Å². The lowest BCUT2D eigenvalue weighted by Crippen LogP contribution is -2.39. The number of carbonyl (C=O) groups excluding carboxylic acids is 2. The van der Waals surface area contributed by atoms with E-state index >= 15 is 0 Å². The topological polar surface area (TPSA) is 46.6 Å². The van der Waals surface area contributed by atoms with Gasteiger partial charge in [0.25, 0.3) is 0 Å². The number of amides is 1. The average molecular weight is 171 g/mol. The molecule has 1 saturated heterocycles. The third-order valence-corrected chi connectivity index (χ3v) is 2.13. The van der Waals surface area contributed by atoms with E-state index < -0.39 is 6.09 Å². The van der Waals surface area contributed by atoms with Crippen LogP contribution in [0.3, 0.4) is 0 Å². The molecule has 0 aromatic carbocycles. The third-order valence-electron chi connectivity index (χ3n) is 2.13. The first-order chi connectivity index (χ1) is 5.66. The Labute approximate surface area is 71.5 Å². The van der Waals surface area contributed by atoms with Gasteiger partial charge in [0.1, 0.15) is 0 Å². The second kappa shape index (κ2) is 3.56. The van der Waals surface area contributed by atoms with Crippen molar-refractivity contribution in [2.75, 3.05) is 13.7 Å². The summed E-state index contributed by atoms with van der Waals surface area (Å²) in [4.78, 5) is 23.6. The van der Waals surface area contributed by atoms with Crippen LogP contribution in [0.1, 0.15) is 19.8 Å². The number of rotatable bonds is 1. The highest BCUT2D eigenvalue weighted by molar-refractivity contribution is 5.85. The lowest BCUT2D eigenvalue weighted by atomic mass is 10.1. The minimum Gasteiger partial charge on any atom is -0.453 e. The fraction of sp³-hybridized carbons (Fsp3) is 0.750.